The summed E-state index contributed by atoms with van der Waals surface area (Å²) in [5.74, 6) is 0.695. The van der Waals surface area contributed by atoms with E-state index < -0.39 is 8.80 Å². The Hall–Kier alpha value is -0.663. The molecule has 0 aromatic carbocycles. The fraction of sp³-hybridized carbons (Fsp3) is 0.556. The summed E-state index contributed by atoms with van der Waals surface area (Å²) in [4.78, 5) is 0. The van der Waals surface area contributed by atoms with E-state index in [2.05, 4.69) is 24.9 Å². The van der Waals surface area contributed by atoms with E-state index in [1.54, 1.807) is 0 Å². The van der Waals surface area contributed by atoms with Gasteiger partial charge >= 0.3 is 0 Å². The number of rotatable bonds is 3. The molecule has 0 aromatic rings. The molecule has 0 bridgehead atoms. The van der Waals surface area contributed by atoms with Gasteiger partial charge in [0.05, 0.1) is 0 Å². The first kappa shape index (κ1) is 9.34. The third kappa shape index (κ3) is 3.38. The highest BCUT2D eigenvalue weighted by Crippen LogP contribution is 2.09. The van der Waals surface area contributed by atoms with Crippen LogP contribution in [0.25, 0.3) is 0 Å². The Morgan fingerprint density at radius 2 is 1.90 bits per heavy atom. The van der Waals surface area contributed by atoms with Crippen molar-refractivity contribution in [1.82, 2.24) is 0 Å². The topological polar surface area (TPSA) is 0 Å². The van der Waals surface area contributed by atoms with Gasteiger partial charge in [-0.2, -0.15) is 0 Å². The van der Waals surface area contributed by atoms with Crippen LogP contribution in [0, 0.1) is 29.9 Å². The SMILES string of the molecule is C#C[Si](C#C)CC(C)CC. The lowest BCUT2D eigenvalue weighted by molar-refractivity contribution is 0.622. The molecule has 0 saturated carbocycles. The Bertz CT molecular complexity index is 145. The second-order valence-corrected chi connectivity index (χ2v) is 4.43. The summed E-state index contributed by atoms with van der Waals surface area (Å²) in [6.45, 7) is 4.36. The highest BCUT2D eigenvalue weighted by atomic mass is 28.3. The largest absolute Gasteiger partial charge is 0.233 e. The molecule has 0 aliphatic heterocycles. The smallest absolute Gasteiger partial charge is 0.126 e. The van der Waals surface area contributed by atoms with E-state index in [1.807, 2.05) is 0 Å². The molecule has 0 amide bonds. The molecule has 0 spiro atoms. The molecule has 0 rings (SSSR count). The zero-order valence-electron chi connectivity index (χ0n) is 6.65. The van der Waals surface area contributed by atoms with E-state index in [0.717, 1.165) is 6.04 Å². The maximum absolute atomic E-state index is 5.24. The van der Waals surface area contributed by atoms with Crippen molar-refractivity contribution in [3.05, 3.63) is 0 Å². The van der Waals surface area contributed by atoms with Crippen molar-refractivity contribution in [2.24, 2.45) is 5.92 Å². The van der Waals surface area contributed by atoms with Crippen LogP contribution in [0.3, 0.4) is 0 Å². The minimum Gasteiger partial charge on any atom is -0.126 e. The summed E-state index contributed by atoms with van der Waals surface area (Å²) in [5.41, 5.74) is 5.37. The van der Waals surface area contributed by atoms with Crippen molar-refractivity contribution in [1.29, 1.82) is 0 Å². The molecular weight excluding hydrogens is 136 g/mol. The average molecular weight is 149 g/mol. The van der Waals surface area contributed by atoms with Gasteiger partial charge in [-0.15, -0.1) is 23.9 Å². The zero-order valence-corrected chi connectivity index (χ0v) is 7.65. The van der Waals surface area contributed by atoms with Crippen LogP contribution in [-0.2, 0) is 0 Å². The van der Waals surface area contributed by atoms with Crippen molar-refractivity contribution in [3.8, 4) is 23.9 Å². The molecule has 10 heavy (non-hydrogen) atoms. The van der Waals surface area contributed by atoms with Gasteiger partial charge in [-0.05, 0) is 12.0 Å². The molecule has 1 atom stereocenters. The first-order valence-corrected chi connectivity index (χ1v) is 5.24. The molecule has 0 aliphatic rings. The van der Waals surface area contributed by atoms with Gasteiger partial charge in [-0.25, -0.2) is 0 Å². The van der Waals surface area contributed by atoms with Crippen LogP contribution in [0.2, 0.25) is 6.04 Å². The van der Waals surface area contributed by atoms with Crippen LogP contribution in [0.1, 0.15) is 20.3 Å². The van der Waals surface area contributed by atoms with E-state index in [1.165, 1.54) is 6.42 Å². The van der Waals surface area contributed by atoms with Gasteiger partial charge in [0.1, 0.15) is 0 Å². The van der Waals surface area contributed by atoms with E-state index in [4.69, 9.17) is 12.8 Å². The van der Waals surface area contributed by atoms with Gasteiger partial charge in [0.25, 0.3) is 0 Å². The highest BCUT2D eigenvalue weighted by molar-refractivity contribution is 6.75. The van der Waals surface area contributed by atoms with Crippen LogP contribution in [0.4, 0.5) is 0 Å². The molecule has 0 N–H and O–H groups in total. The first-order chi connectivity index (χ1) is 4.74. The maximum Gasteiger partial charge on any atom is 0.233 e. The fourth-order valence-corrected chi connectivity index (χ4v) is 1.96. The molecule has 53 valence electrons. The third-order valence-electron chi connectivity index (χ3n) is 1.60. The lowest BCUT2D eigenvalue weighted by atomic mass is 10.2. The predicted molar refractivity (Wildman–Crippen MR) is 47.7 cm³/mol. The molecule has 0 nitrogen and oxygen atoms in total. The summed E-state index contributed by atoms with van der Waals surface area (Å²) in [5, 5.41) is 0. The van der Waals surface area contributed by atoms with Crippen LogP contribution in [0.15, 0.2) is 0 Å². The van der Waals surface area contributed by atoms with Crippen LogP contribution < -0.4 is 0 Å². The maximum atomic E-state index is 5.24. The van der Waals surface area contributed by atoms with Crippen LogP contribution in [0.5, 0.6) is 0 Å². The van der Waals surface area contributed by atoms with Gasteiger partial charge in [0, 0.05) is 0 Å². The van der Waals surface area contributed by atoms with Crippen LogP contribution >= 0.6 is 0 Å². The molecular formula is C9H13Si. The van der Waals surface area contributed by atoms with Gasteiger partial charge in [-0.1, -0.05) is 20.3 Å². The van der Waals surface area contributed by atoms with Crippen LogP contribution in [-0.4, -0.2) is 8.80 Å². The standard InChI is InChI=1S/C9H13Si/c1-5-9(4)8-10(6-2)7-3/h2-3,9H,5,8H2,1,4H3. The lowest BCUT2D eigenvalue weighted by Gasteiger charge is -2.06. The van der Waals surface area contributed by atoms with E-state index in [0.29, 0.717) is 5.92 Å². The summed E-state index contributed by atoms with van der Waals surface area (Å²) in [6, 6.07) is 1.06. The predicted octanol–water partition coefficient (Wildman–Crippen LogP) is 1.87. The highest BCUT2D eigenvalue weighted by Gasteiger charge is 2.08. The Morgan fingerprint density at radius 3 is 2.20 bits per heavy atom. The Kier molecular flexibility index (Phi) is 4.81. The van der Waals surface area contributed by atoms with Gasteiger partial charge < -0.3 is 0 Å². The minimum absolute atomic E-state index is 0.695. The summed E-state index contributed by atoms with van der Waals surface area (Å²) >= 11 is 0. The van der Waals surface area contributed by atoms with E-state index in [9.17, 15) is 0 Å². The van der Waals surface area contributed by atoms with E-state index in [-0.39, 0.29) is 0 Å². The summed E-state index contributed by atoms with van der Waals surface area (Å²) in [7, 11) is -0.879. The number of terminal acetylenes is 2. The molecule has 1 radical (unpaired) electrons. The minimum atomic E-state index is -0.879. The Balaban J connectivity index is 3.69. The molecule has 0 fully saturated rings. The lowest BCUT2D eigenvalue weighted by Crippen LogP contribution is -2.11. The van der Waals surface area contributed by atoms with E-state index >= 15 is 0 Å². The normalized spacial score (nSPS) is 12.1. The Labute approximate surface area is 65.6 Å². The molecule has 0 saturated heterocycles. The second-order valence-electron chi connectivity index (χ2n) is 2.48. The average Bonchev–Trinajstić information content (AvgIpc) is 1.99. The van der Waals surface area contributed by atoms with Gasteiger partial charge in [-0.3, -0.25) is 0 Å². The summed E-state index contributed by atoms with van der Waals surface area (Å²) in [6.07, 6.45) is 11.7. The van der Waals surface area contributed by atoms with Crippen molar-refractivity contribution in [3.63, 3.8) is 0 Å². The van der Waals surface area contributed by atoms with Crippen molar-refractivity contribution in [2.45, 2.75) is 26.3 Å². The molecule has 0 heterocycles. The van der Waals surface area contributed by atoms with Crippen molar-refractivity contribution in [2.75, 3.05) is 0 Å². The quantitative estimate of drug-likeness (QED) is 0.424. The third-order valence-corrected chi connectivity index (χ3v) is 3.40. The first-order valence-electron chi connectivity index (χ1n) is 3.53. The second kappa shape index (κ2) is 5.15. The zero-order chi connectivity index (χ0) is 7.98. The van der Waals surface area contributed by atoms with Gasteiger partial charge in [0.2, 0.25) is 8.80 Å². The molecule has 0 aromatic heterocycles. The van der Waals surface area contributed by atoms with Crippen molar-refractivity contribution >= 4 is 8.80 Å². The molecule has 1 unspecified atom stereocenters. The monoisotopic (exact) mass is 149 g/mol. The fourth-order valence-electron chi connectivity index (χ4n) is 0.652. The van der Waals surface area contributed by atoms with Gasteiger partial charge in [0.15, 0.2) is 0 Å². The molecule has 0 aliphatic carbocycles. The number of hydrogen-bond donors (Lipinski definition) is 0. The Morgan fingerprint density at radius 1 is 1.40 bits per heavy atom. The number of hydrogen-bond acceptors (Lipinski definition) is 0. The van der Waals surface area contributed by atoms with Crippen molar-refractivity contribution < 1.29 is 0 Å². The summed E-state index contributed by atoms with van der Waals surface area (Å²) < 4.78 is 0. The molecule has 1 heteroatoms.